The predicted octanol–water partition coefficient (Wildman–Crippen LogP) is 0.795. The van der Waals surface area contributed by atoms with Gasteiger partial charge in [0.2, 0.25) is 5.88 Å². The lowest BCUT2D eigenvalue weighted by atomic mass is 10.1. The first-order chi connectivity index (χ1) is 11.5. The second-order valence-electron chi connectivity index (χ2n) is 5.69. The fourth-order valence-corrected chi connectivity index (χ4v) is 4.09. The fraction of sp³-hybridized carbons (Fsp3) is 0.467. The van der Waals surface area contributed by atoms with Gasteiger partial charge in [-0.05, 0) is 30.6 Å². The minimum Gasteiger partial charge on any atom is -0.493 e. The summed E-state index contributed by atoms with van der Waals surface area (Å²) in [7, 11) is 0. The maximum atomic E-state index is 12.6. The van der Waals surface area contributed by atoms with Gasteiger partial charge < -0.3 is 15.5 Å². The van der Waals surface area contributed by atoms with Crippen molar-refractivity contribution in [3.05, 3.63) is 27.3 Å². The van der Waals surface area contributed by atoms with Crippen molar-refractivity contribution in [1.29, 1.82) is 0 Å². The van der Waals surface area contributed by atoms with Crippen LogP contribution in [0.3, 0.4) is 0 Å². The second kappa shape index (κ2) is 6.68. The maximum absolute atomic E-state index is 12.6. The molecule has 0 aromatic carbocycles. The van der Waals surface area contributed by atoms with Gasteiger partial charge in [-0.15, -0.1) is 11.8 Å². The van der Waals surface area contributed by atoms with E-state index in [4.69, 9.17) is 5.11 Å². The van der Waals surface area contributed by atoms with E-state index >= 15 is 0 Å². The molecular weight excluding hydrogens is 334 g/mol. The van der Waals surface area contributed by atoms with E-state index in [2.05, 4.69) is 10.3 Å². The molecule has 2 aliphatic rings. The van der Waals surface area contributed by atoms with E-state index in [0.29, 0.717) is 12.4 Å². The summed E-state index contributed by atoms with van der Waals surface area (Å²) >= 11 is 1.62. The van der Waals surface area contributed by atoms with E-state index < -0.39 is 35.4 Å². The molecule has 3 rings (SSSR count). The van der Waals surface area contributed by atoms with Gasteiger partial charge in [0, 0.05) is 0 Å². The van der Waals surface area contributed by atoms with E-state index in [1.54, 1.807) is 11.8 Å². The molecule has 0 saturated heterocycles. The van der Waals surface area contributed by atoms with Gasteiger partial charge in [0.1, 0.15) is 6.54 Å². The Morgan fingerprint density at radius 3 is 2.83 bits per heavy atom. The van der Waals surface area contributed by atoms with Crippen LogP contribution in [0.25, 0.3) is 4.91 Å². The van der Waals surface area contributed by atoms with Crippen molar-refractivity contribution >= 4 is 28.5 Å². The molecule has 0 bridgehead atoms. The molecule has 0 atom stereocenters. The Labute approximate surface area is 141 Å². The van der Waals surface area contributed by atoms with Crippen molar-refractivity contribution in [3.8, 4) is 5.88 Å². The number of carboxylic acid groups (broad SMARTS) is 1. The zero-order valence-electron chi connectivity index (χ0n) is 12.9. The molecule has 3 heterocycles. The fourth-order valence-electron chi connectivity index (χ4n) is 2.88. The number of aliphatic carboxylic acids is 1. The lowest BCUT2D eigenvalue weighted by molar-refractivity contribution is -0.135. The highest BCUT2D eigenvalue weighted by molar-refractivity contribution is 8.08. The molecule has 3 N–H and O–H groups in total. The number of aromatic nitrogens is 2. The first-order valence-corrected chi connectivity index (χ1v) is 8.66. The topological polar surface area (TPSA) is 122 Å². The third-order valence-corrected chi connectivity index (χ3v) is 5.27. The van der Waals surface area contributed by atoms with Crippen LogP contribution in [0.15, 0.2) is 10.4 Å². The van der Waals surface area contributed by atoms with Crippen LogP contribution in [0.5, 0.6) is 5.88 Å². The quantitative estimate of drug-likeness (QED) is 0.736. The molecule has 0 unspecified atom stereocenters. The van der Waals surface area contributed by atoms with Crippen molar-refractivity contribution in [2.24, 2.45) is 0 Å². The number of nitrogens with one attached hydrogen (secondary N) is 1. The summed E-state index contributed by atoms with van der Waals surface area (Å²) in [4.78, 5) is 40.1. The molecule has 0 saturated carbocycles. The number of hydrogen-bond donors (Lipinski definition) is 3. The van der Waals surface area contributed by atoms with Crippen LogP contribution >= 0.6 is 11.8 Å². The molecular formula is C15H17N3O5S. The monoisotopic (exact) mass is 351 g/mol. The smallest absolute Gasteiger partial charge is 0.322 e. The second-order valence-corrected chi connectivity index (χ2v) is 6.80. The Balaban J connectivity index is 1.97. The number of fused-ring (bicyclic) bond motifs is 2. The van der Waals surface area contributed by atoms with E-state index in [9.17, 15) is 19.5 Å². The lowest BCUT2D eigenvalue weighted by Crippen LogP contribution is -2.36. The van der Waals surface area contributed by atoms with Gasteiger partial charge in [-0.1, -0.05) is 6.42 Å². The molecule has 1 aromatic heterocycles. The van der Waals surface area contributed by atoms with E-state index in [0.717, 1.165) is 41.9 Å². The molecule has 128 valence electrons. The molecule has 24 heavy (non-hydrogen) atoms. The summed E-state index contributed by atoms with van der Waals surface area (Å²) in [5.41, 5.74) is -0.0556. The number of allylic oxidation sites excluding steroid dienone is 1. The van der Waals surface area contributed by atoms with Gasteiger partial charge in [-0.2, -0.15) is 4.98 Å². The molecule has 0 spiro atoms. The molecule has 0 fully saturated rings. The molecule has 0 radical (unpaired) electrons. The van der Waals surface area contributed by atoms with Crippen molar-refractivity contribution in [3.63, 3.8) is 0 Å². The van der Waals surface area contributed by atoms with Crippen molar-refractivity contribution < 1.29 is 19.8 Å². The summed E-state index contributed by atoms with van der Waals surface area (Å²) in [5, 5.41) is 20.7. The number of carboxylic acids is 1. The summed E-state index contributed by atoms with van der Waals surface area (Å²) < 4.78 is 1.39. The van der Waals surface area contributed by atoms with Crippen molar-refractivity contribution in [2.45, 2.75) is 32.2 Å². The number of aromatic hydroxyl groups is 1. The van der Waals surface area contributed by atoms with E-state index in [-0.39, 0.29) is 0 Å². The van der Waals surface area contributed by atoms with Gasteiger partial charge in [-0.3, -0.25) is 19.0 Å². The standard InChI is InChI=1S/C15H17N3O5S/c19-9(20)6-16-13(21)10-14(22)17-12-11-8(7-18(12)15(10)23)4-2-1-3-5-24-11/h22H,1-7H2,(H,16,21)(H,19,20). The lowest BCUT2D eigenvalue weighted by Gasteiger charge is -2.11. The van der Waals surface area contributed by atoms with Gasteiger partial charge in [0.05, 0.1) is 11.4 Å². The number of hydrogen-bond acceptors (Lipinski definition) is 6. The Morgan fingerprint density at radius 1 is 1.29 bits per heavy atom. The molecule has 1 amide bonds. The highest BCUT2D eigenvalue weighted by atomic mass is 32.2. The summed E-state index contributed by atoms with van der Waals surface area (Å²) in [6.45, 7) is -0.271. The largest absolute Gasteiger partial charge is 0.493 e. The Morgan fingerprint density at radius 2 is 2.08 bits per heavy atom. The van der Waals surface area contributed by atoms with Gasteiger partial charge in [-0.25, -0.2) is 0 Å². The number of amides is 1. The van der Waals surface area contributed by atoms with Crippen LogP contribution in [0.1, 0.15) is 41.9 Å². The number of thioether (sulfide) groups is 1. The van der Waals surface area contributed by atoms with Crippen LogP contribution < -0.4 is 10.9 Å². The summed E-state index contributed by atoms with van der Waals surface area (Å²) in [5.74, 6) is -1.51. The zero-order chi connectivity index (χ0) is 17.3. The first-order valence-electron chi connectivity index (χ1n) is 7.68. The predicted molar refractivity (Wildman–Crippen MR) is 88.0 cm³/mol. The molecule has 2 aliphatic heterocycles. The highest BCUT2D eigenvalue weighted by Gasteiger charge is 2.30. The molecule has 9 heteroatoms. The zero-order valence-corrected chi connectivity index (χ0v) is 13.7. The average Bonchev–Trinajstić information content (AvgIpc) is 2.82. The van der Waals surface area contributed by atoms with Crippen LogP contribution in [0.2, 0.25) is 0 Å². The van der Waals surface area contributed by atoms with E-state index in [1.165, 1.54) is 4.57 Å². The average molecular weight is 351 g/mol. The Bertz CT molecular complexity index is 799. The Kier molecular flexibility index (Phi) is 4.61. The number of carbonyl (C=O) groups excluding carboxylic acids is 1. The third kappa shape index (κ3) is 3.03. The molecule has 1 aromatic rings. The van der Waals surface area contributed by atoms with Crippen LogP contribution in [-0.2, 0) is 11.3 Å². The van der Waals surface area contributed by atoms with Crippen molar-refractivity contribution in [2.75, 3.05) is 12.3 Å². The van der Waals surface area contributed by atoms with Crippen LogP contribution in [-0.4, -0.2) is 43.9 Å². The number of nitrogens with zero attached hydrogens (tertiary/aromatic N) is 2. The SMILES string of the molecule is O=C(O)CNC(=O)c1c(O)nc2n(c1=O)CC1=C2SCCCCC1. The van der Waals surface area contributed by atoms with E-state index in [1.807, 2.05) is 0 Å². The third-order valence-electron chi connectivity index (χ3n) is 4.02. The molecule has 0 aliphatic carbocycles. The van der Waals surface area contributed by atoms with Gasteiger partial charge >= 0.3 is 5.97 Å². The van der Waals surface area contributed by atoms with Crippen LogP contribution in [0.4, 0.5) is 0 Å². The summed E-state index contributed by atoms with van der Waals surface area (Å²) in [6.07, 6.45) is 4.14. The van der Waals surface area contributed by atoms with Gasteiger partial charge in [0.25, 0.3) is 11.5 Å². The summed E-state index contributed by atoms with van der Waals surface area (Å²) in [6, 6.07) is 0. The van der Waals surface area contributed by atoms with Crippen molar-refractivity contribution in [1.82, 2.24) is 14.9 Å². The van der Waals surface area contributed by atoms with Crippen LogP contribution in [0, 0.1) is 0 Å². The number of carbonyl (C=O) groups is 2. The minimum atomic E-state index is -1.24. The Hall–Kier alpha value is -2.29. The normalized spacial score (nSPS) is 16.8. The maximum Gasteiger partial charge on any atom is 0.322 e. The minimum absolute atomic E-state index is 0.364. The highest BCUT2D eigenvalue weighted by Crippen LogP contribution is 2.39. The first kappa shape index (κ1) is 16.6. The molecule has 8 nitrogen and oxygen atoms in total. The van der Waals surface area contributed by atoms with Gasteiger partial charge in [0.15, 0.2) is 11.4 Å². The number of rotatable bonds is 3.